The van der Waals surface area contributed by atoms with Gasteiger partial charge in [0.2, 0.25) is 5.91 Å². The SMILES string of the molecule is Cc1ccc(CN(Cc2ccc(F)cc2)C(=O)CN(C[C@H]2CCCO2)C(=O)Nc2ccccc2)s1. The van der Waals surface area contributed by atoms with Gasteiger partial charge in [-0.3, -0.25) is 4.79 Å². The molecule has 0 spiro atoms. The van der Waals surface area contributed by atoms with Crippen molar-refractivity contribution in [2.24, 2.45) is 0 Å². The summed E-state index contributed by atoms with van der Waals surface area (Å²) in [5.41, 5.74) is 1.49. The van der Waals surface area contributed by atoms with Gasteiger partial charge in [-0.2, -0.15) is 0 Å². The lowest BCUT2D eigenvalue weighted by molar-refractivity contribution is -0.133. The molecule has 184 valence electrons. The van der Waals surface area contributed by atoms with Gasteiger partial charge in [-0.05, 0) is 61.7 Å². The number of hydrogen-bond donors (Lipinski definition) is 1. The summed E-state index contributed by atoms with van der Waals surface area (Å²) in [7, 11) is 0. The Bertz CT molecular complexity index is 1110. The van der Waals surface area contributed by atoms with E-state index in [1.807, 2.05) is 49.4 Å². The van der Waals surface area contributed by atoms with Gasteiger partial charge < -0.3 is 19.9 Å². The van der Waals surface area contributed by atoms with Crippen LogP contribution in [0.1, 0.15) is 28.2 Å². The van der Waals surface area contributed by atoms with Crippen LogP contribution in [-0.2, 0) is 22.6 Å². The van der Waals surface area contributed by atoms with E-state index >= 15 is 0 Å². The Balaban J connectivity index is 1.51. The van der Waals surface area contributed by atoms with E-state index in [-0.39, 0.29) is 30.4 Å². The van der Waals surface area contributed by atoms with E-state index in [0.717, 1.165) is 28.2 Å². The van der Waals surface area contributed by atoms with Gasteiger partial charge in [0.15, 0.2) is 0 Å². The smallest absolute Gasteiger partial charge is 0.322 e. The van der Waals surface area contributed by atoms with Gasteiger partial charge in [-0.25, -0.2) is 9.18 Å². The molecule has 1 aliphatic rings. The number of amides is 3. The third-order valence-electron chi connectivity index (χ3n) is 5.87. The predicted molar refractivity (Wildman–Crippen MR) is 136 cm³/mol. The van der Waals surface area contributed by atoms with Gasteiger partial charge in [0, 0.05) is 35.1 Å². The van der Waals surface area contributed by atoms with Gasteiger partial charge in [-0.1, -0.05) is 30.3 Å². The van der Waals surface area contributed by atoms with E-state index in [0.29, 0.717) is 31.9 Å². The lowest BCUT2D eigenvalue weighted by atomic mass is 10.2. The van der Waals surface area contributed by atoms with Crippen LogP contribution < -0.4 is 5.32 Å². The standard InChI is InChI=1S/C27H30FN3O3S/c1-20-9-14-25(35-20)18-30(16-21-10-12-22(28)13-11-21)26(32)19-31(17-24-8-5-15-34-24)27(33)29-23-6-3-2-4-7-23/h2-4,6-7,9-14,24H,5,8,15-19H2,1H3,(H,29,33)/t24-/m1/s1. The van der Waals surface area contributed by atoms with Crippen LogP contribution in [0.5, 0.6) is 0 Å². The van der Waals surface area contributed by atoms with E-state index in [1.165, 1.54) is 17.0 Å². The lowest BCUT2D eigenvalue weighted by Crippen LogP contribution is -2.46. The van der Waals surface area contributed by atoms with Crippen molar-refractivity contribution in [1.82, 2.24) is 9.80 Å². The van der Waals surface area contributed by atoms with Crippen LogP contribution in [0.3, 0.4) is 0 Å². The number of carbonyl (C=O) groups excluding carboxylic acids is 2. The summed E-state index contributed by atoms with van der Waals surface area (Å²) in [5.74, 6) is -0.498. The number of thiophene rings is 1. The molecule has 0 radical (unpaired) electrons. The molecule has 1 atom stereocenters. The second kappa shape index (κ2) is 12.0. The van der Waals surface area contributed by atoms with Crippen LogP contribution in [0, 0.1) is 12.7 Å². The number of halogens is 1. The average Bonchev–Trinajstić information content (AvgIpc) is 3.51. The highest BCUT2D eigenvalue weighted by molar-refractivity contribution is 7.11. The summed E-state index contributed by atoms with van der Waals surface area (Å²) in [6.07, 6.45) is 1.72. The number of nitrogens with one attached hydrogen (secondary N) is 1. The first kappa shape index (κ1) is 24.9. The van der Waals surface area contributed by atoms with E-state index in [9.17, 15) is 14.0 Å². The zero-order valence-electron chi connectivity index (χ0n) is 19.8. The number of anilines is 1. The molecule has 0 bridgehead atoms. The van der Waals surface area contributed by atoms with E-state index in [2.05, 4.69) is 5.32 Å². The minimum atomic E-state index is -0.339. The number of nitrogens with zero attached hydrogens (tertiary/aromatic N) is 2. The number of para-hydroxylation sites is 1. The lowest BCUT2D eigenvalue weighted by Gasteiger charge is -2.29. The zero-order valence-corrected chi connectivity index (χ0v) is 20.6. The van der Waals surface area contributed by atoms with Crippen LogP contribution in [-0.4, -0.2) is 47.5 Å². The topological polar surface area (TPSA) is 61.9 Å². The summed E-state index contributed by atoms with van der Waals surface area (Å²) in [5, 5.41) is 2.89. The molecule has 3 amide bonds. The molecule has 0 unspecified atom stereocenters. The molecule has 6 nitrogen and oxygen atoms in total. The first-order valence-electron chi connectivity index (χ1n) is 11.8. The van der Waals surface area contributed by atoms with E-state index in [1.54, 1.807) is 28.4 Å². The zero-order chi connectivity index (χ0) is 24.6. The van der Waals surface area contributed by atoms with Crippen molar-refractivity contribution < 1.29 is 18.7 Å². The summed E-state index contributed by atoms with van der Waals surface area (Å²) in [6, 6.07) is 19.0. The van der Waals surface area contributed by atoms with Crippen LogP contribution in [0.25, 0.3) is 0 Å². The molecule has 8 heteroatoms. The van der Waals surface area contributed by atoms with Gasteiger partial charge in [0.25, 0.3) is 0 Å². The Morgan fingerprint density at radius 3 is 2.46 bits per heavy atom. The number of aryl methyl sites for hydroxylation is 1. The van der Waals surface area contributed by atoms with Crippen molar-refractivity contribution in [3.05, 3.63) is 87.9 Å². The average molecular weight is 496 g/mol. The Labute approximate surface area is 209 Å². The minimum Gasteiger partial charge on any atom is -0.376 e. The number of carbonyl (C=O) groups is 2. The Morgan fingerprint density at radius 2 is 1.80 bits per heavy atom. The minimum absolute atomic E-state index is 0.0793. The molecular formula is C27H30FN3O3S. The summed E-state index contributed by atoms with van der Waals surface area (Å²) >= 11 is 1.63. The fourth-order valence-corrected chi connectivity index (χ4v) is 4.95. The summed E-state index contributed by atoms with van der Waals surface area (Å²) in [6.45, 7) is 3.70. The number of hydrogen-bond acceptors (Lipinski definition) is 4. The fourth-order valence-electron chi connectivity index (χ4n) is 4.04. The molecule has 35 heavy (non-hydrogen) atoms. The first-order chi connectivity index (χ1) is 17.0. The van der Waals surface area contributed by atoms with E-state index < -0.39 is 0 Å². The highest BCUT2D eigenvalue weighted by Crippen LogP contribution is 2.20. The van der Waals surface area contributed by atoms with Crippen LogP contribution in [0.4, 0.5) is 14.9 Å². The second-order valence-corrected chi connectivity index (χ2v) is 10.1. The Kier molecular flexibility index (Phi) is 8.50. The van der Waals surface area contributed by atoms with Crippen molar-refractivity contribution in [1.29, 1.82) is 0 Å². The third-order valence-corrected chi connectivity index (χ3v) is 6.85. The number of urea groups is 1. The molecule has 1 aromatic heterocycles. The Hall–Kier alpha value is -3.23. The number of rotatable bonds is 9. The Morgan fingerprint density at radius 1 is 1.03 bits per heavy atom. The van der Waals surface area contributed by atoms with Gasteiger partial charge >= 0.3 is 6.03 Å². The molecule has 1 fully saturated rings. The fraction of sp³-hybridized carbons (Fsp3) is 0.333. The third kappa shape index (κ3) is 7.37. The molecule has 0 aliphatic carbocycles. The maximum absolute atomic E-state index is 13.6. The molecule has 2 aromatic carbocycles. The van der Waals surface area contributed by atoms with Crippen molar-refractivity contribution in [2.75, 3.05) is 25.0 Å². The van der Waals surface area contributed by atoms with Gasteiger partial charge in [0.1, 0.15) is 12.4 Å². The maximum Gasteiger partial charge on any atom is 0.322 e. The molecule has 1 saturated heterocycles. The van der Waals surface area contributed by atoms with Gasteiger partial charge in [0.05, 0.1) is 12.6 Å². The monoisotopic (exact) mass is 495 g/mol. The van der Waals surface area contributed by atoms with Crippen molar-refractivity contribution in [3.8, 4) is 0 Å². The molecule has 1 N–H and O–H groups in total. The highest BCUT2D eigenvalue weighted by atomic mass is 32.1. The maximum atomic E-state index is 13.6. The van der Waals surface area contributed by atoms with Gasteiger partial charge in [-0.15, -0.1) is 11.3 Å². The summed E-state index contributed by atoms with van der Waals surface area (Å²) in [4.78, 5) is 32.2. The van der Waals surface area contributed by atoms with Crippen molar-refractivity contribution >= 4 is 29.0 Å². The molecule has 3 aromatic rings. The molecular weight excluding hydrogens is 465 g/mol. The predicted octanol–water partition coefficient (Wildman–Crippen LogP) is 5.44. The molecule has 4 rings (SSSR count). The van der Waals surface area contributed by atoms with Crippen molar-refractivity contribution in [3.63, 3.8) is 0 Å². The largest absolute Gasteiger partial charge is 0.376 e. The second-order valence-electron chi connectivity index (χ2n) is 8.70. The number of benzene rings is 2. The molecule has 0 saturated carbocycles. The quantitative estimate of drug-likeness (QED) is 0.430. The first-order valence-corrected chi connectivity index (χ1v) is 12.6. The van der Waals surface area contributed by atoms with Crippen LogP contribution in [0.15, 0.2) is 66.7 Å². The molecule has 1 aliphatic heterocycles. The van der Waals surface area contributed by atoms with E-state index in [4.69, 9.17) is 4.74 Å². The van der Waals surface area contributed by atoms with Crippen LogP contribution in [0.2, 0.25) is 0 Å². The normalized spacial score (nSPS) is 15.1. The highest BCUT2D eigenvalue weighted by Gasteiger charge is 2.27. The molecule has 2 heterocycles. The summed E-state index contributed by atoms with van der Waals surface area (Å²) < 4.78 is 19.2. The van der Waals surface area contributed by atoms with Crippen LogP contribution >= 0.6 is 11.3 Å². The van der Waals surface area contributed by atoms with Crippen molar-refractivity contribution in [2.45, 2.75) is 39.0 Å². The number of ether oxygens (including phenoxy) is 1.